The standard InChI is InChI=1S/C28H38N2O4/c1-7-33-25(31)14-12-23-17(3)19(5)27(29-23)21-10-9-11-22(16-21)28-20(6)18(4)24(30-28)13-15-26(32)34-8-2/h16,29H,7-15H2,1-6H3. The van der Waals surface area contributed by atoms with E-state index in [2.05, 4.69) is 38.8 Å². The first-order valence-electron chi connectivity index (χ1n) is 12.5. The molecule has 2 aliphatic rings. The lowest BCUT2D eigenvalue weighted by Gasteiger charge is -2.17. The summed E-state index contributed by atoms with van der Waals surface area (Å²) in [6.07, 6.45) is 7.37. The van der Waals surface area contributed by atoms with E-state index in [0.29, 0.717) is 38.9 Å². The molecule has 0 saturated carbocycles. The molecular weight excluding hydrogens is 428 g/mol. The Morgan fingerprint density at radius 3 is 2.21 bits per heavy atom. The highest BCUT2D eigenvalue weighted by Gasteiger charge is 2.23. The zero-order valence-electron chi connectivity index (χ0n) is 21.5. The zero-order chi connectivity index (χ0) is 24.8. The maximum atomic E-state index is 11.8. The summed E-state index contributed by atoms with van der Waals surface area (Å²) >= 11 is 0. The Labute approximate surface area is 203 Å². The molecule has 6 heteroatoms. The molecule has 6 nitrogen and oxygen atoms in total. The molecule has 2 heterocycles. The van der Waals surface area contributed by atoms with Crippen molar-refractivity contribution in [2.24, 2.45) is 4.99 Å². The number of aryl methyl sites for hydroxylation is 1. The van der Waals surface area contributed by atoms with E-state index in [0.717, 1.165) is 42.1 Å². The minimum absolute atomic E-state index is 0.157. The number of esters is 2. The molecule has 0 amide bonds. The highest BCUT2D eigenvalue weighted by Crippen LogP contribution is 2.38. The van der Waals surface area contributed by atoms with Crippen molar-refractivity contribution in [3.63, 3.8) is 0 Å². The van der Waals surface area contributed by atoms with Crippen LogP contribution in [0.5, 0.6) is 0 Å². The number of ether oxygens (including phenoxy) is 2. The van der Waals surface area contributed by atoms with Crippen molar-refractivity contribution in [1.82, 2.24) is 4.98 Å². The third kappa shape index (κ3) is 5.78. The Balaban J connectivity index is 1.85. The van der Waals surface area contributed by atoms with Crippen LogP contribution in [0.1, 0.15) is 88.7 Å². The summed E-state index contributed by atoms with van der Waals surface area (Å²) in [6, 6.07) is 0. The van der Waals surface area contributed by atoms with E-state index in [9.17, 15) is 9.59 Å². The van der Waals surface area contributed by atoms with Crippen molar-refractivity contribution in [2.75, 3.05) is 13.2 Å². The van der Waals surface area contributed by atoms with Crippen LogP contribution in [0.4, 0.5) is 0 Å². The number of rotatable bonds is 9. The Morgan fingerprint density at radius 2 is 1.56 bits per heavy atom. The largest absolute Gasteiger partial charge is 0.466 e. The summed E-state index contributed by atoms with van der Waals surface area (Å²) in [4.78, 5) is 32.2. The molecule has 1 aromatic heterocycles. The lowest BCUT2D eigenvalue weighted by atomic mass is 9.89. The van der Waals surface area contributed by atoms with E-state index in [4.69, 9.17) is 14.5 Å². The topological polar surface area (TPSA) is 80.8 Å². The summed E-state index contributed by atoms with van der Waals surface area (Å²) < 4.78 is 10.2. The summed E-state index contributed by atoms with van der Waals surface area (Å²) in [7, 11) is 0. The molecule has 0 radical (unpaired) electrons. The lowest BCUT2D eigenvalue weighted by molar-refractivity contribution is -0.143. The maximum Gasteiger partial charge on any atom is 0.306 e. The normalized spacial score (nSPS) is 18.2. The van der Waals surface area contributed by atoms with Crippen LogP contribution in [0.3, 0.4) is 0 Å². The highest BCUT2D eigenvalue weighted by atomic mass is 16.5. The van der Waals surface area contributed by atoms with Gasteiger partial charge in [-0.25, -0.2) is 0 Å². The van der Waals surface area contributed by atoms with Gasteiger partial charge in [0.2, 0.25) is 0 Å². The predicted molar refractivity (Wildman–Crippen MR) is 136 cm³/mol. The molecule has 34 heavy (non-hydrogen) atoms. The second kappa shape index (κ2) is 11.5. The van der Waals surface area contributed by atoms with Crippen LogP contribution in [-0.4, -0.2) is 35.8 Å². The summed E-state index contributed by atoms with van der Waals surface area (Å²) in [5.74, 6) is -0.331. The van der Waals surface area contributed by atoms with Gasteiger partial charge in [-0.3, -0.25) is 14.6 Å². The zero-order valence-corrected chi connectivity index (χ0v) is 21.5. The molecule has 0 bridgehead atoms. The van der Waals surface area contributed by atoms with Gasteiger partial charge in [-0.05, 0) is 101 Å². The third-order valence-electron chi connectivity index (χ3n) is 6.89. The van der Waals surface area contributed by atoms with Gasteiger partial charge in [0.15, 0.2) is 0 Å². The number of H-pyrrole nitrogens is 1. The molecule has 0 unspecified atom stereocenters. The van der Waals surface area contributed by atoms with Crippen molar-refractivity contribution in [3.05, 3.63) is 51.0 Å². The smallest absolute Gasteiger partial charge is 0.306 e. The van der Waals surface area contributed by atoms with Gasteiger partial charge in [-0.2, -0.15) is 0 Å². The quantitative estimate of drug-likeness (QED) is 0.447. The number of aromatic nitrogens is 1. The van der Waals surface area contributed by atoms with Crippen LogP contribution in [0.2, 0.25) is 0 Å². The van der Waals surface area contributed by atoms with Crippen molar-refractivity contribution in [3.8, 4) is 0 Å². The van der Waals surface area contributed by atoms with E-state index in [1.165, 1.54) is 33.4 Å². The number of allylic oxidation sites excluding steroid dienone is 5. The molecule has 1 N–H and O–H groups in total. The lowest BCUT2D eigenvalue weighted by Crippen LogP contribution is -2.07. The van der Waals surface area contributed by atoms with Crippen LogP contribution in [0.25, 0.3) is 5.57 Å². The fourth-order valence-corrected chi connectivity index (χ4v) is 4.70. The fraction of sp³-hybridized carbons (Fsp3) is 0.536. The van der Waals surface area contributed by atoms with E-state index in [-0.39, 0.29) is 11.9 Å². The molecule has 3 rings (SSSR count). The van der Waals surface area contributed by atoms with Gasteiger partial charge in [-0.15, -0.1) is 0 Å². The molecule has 184 valence electrons. The van der Waals surface area contributed by atoms with Gasteiger partial charge in [0, 0.05) is 23.5 Å². The molecular formula is C28H38N2O4. The van der Waals surface area contributed by atoms with Crippen LogP contribution in [-0.2, 0) is 25.5 Å². The molecule has 1 aliphatic carbocycles. The molecule has 0 spiro atoms. The minimum Gasteiger partial charge on any atom is -0.466 e. The summed E-state index contributed by atoms with van der Waals surface area (Å²) in [6.45, 7) is 13.0. The number of nitrogens with one attached hydrogen (secondary N) is 1. The molecule has 1 aromatic rings. The third-order valence-corrected chi connectivity index (χ3v) is 6.89. The average Bonchev–Trinajstić information content (AvgIpc) is 3.27. The maximum absolute atomic E-state index is 11.8. The van der Waals surface area contributed by atoms with Crippen LogP contribution >= 0.6 is 0 Å². The first-order chi connectivity index (χ1) is 16.3. The van der Waals surface area contributed by atoms with Gasteiger partial charge in [0.05, 0.1) is 31.8 Å². The first-order valence-corrected chi connectivity index (χ1v) is 12.5. The molecule has 0 fully saturated rings. The molecule has 0 saturated heterocycles. The second-order valence-electron chi connectivity index (χ2n) is 9.04. The number of aliphatic imine (C=N–C) groups is 1. The van der Waals surface area contributed by atoms with Gasteiger partial charge in [0.25, 0.3) is 0 Å². The fourth-order valence-electron chi connectivity index (χ4n) is 4.70. The molecule has 0 aromatic carbocycles. The van der Waals surface area contributed by atoms with Crippen molar-refractivity contribution in [1.29, 1.82) is 0 Å². The first kappa shape index (κ1) is 25.7. The Hall–Kier alpha value is -2.89. The number of hydrogen-bond acceptors (Lipinski definition) is 5. The number of hydrogen-bond donors (Lipinski definition) is 1. The number of carbonyl (C=O) groups is 2. The Morgan fingerprint density at radius 1 is 0.912 bits per heavy atom. The minimum atomic E-state index is -0.173. The van der Waals surface area contributed by atoms with Crippen molar-refractivity contribution >= 4 is 23.2 Å². The highest BCUT2D eigenvalue weighted by molar-refractivity contribution is 6.05. The predicted octanol–water partition coefficient (Wildman–Crippen LogP) is 6.08. The second-order valence-corrected chi connectivity index (χ2v) is 9.04. The van der Waals surface area contributed by atoms with Crippen molar-refractivity contribution in [2.45, 2.75) is 86.5 Å². The SMILES string of the molecule is CCOC(=O)CCC1=NC(=C2C=C(c3[nH]c(CCC(=O)OCC)c(C)c3C)CCC2)C(C)=C1C. The summed E-state index contributed by atoms with van der Waals surface area (Å²) in [5.41, 5.74) is 11.7. The van der Waals surface area contributed by atoms with Crippen LogP contribution < -0.4 is 0 Å². The van der Waals surface area contributed by atoms with E-state index in [1.54, 1.807) is 0 Å². The monoisotopic (exact) mass is 466 g/mol. The Bertz CT molecular complexity index is 1080. The number of nitrogens with zero attached hydrogens (tertiary/aromatic N) is 1. The van der Waals surface area contributed by atoms with Gasteiger partial charge in [-0.1, -0.05) is 6.08 Å². The Kier molecular flexibility index (Phi) is 8.70. The van der Waals surface area contributed by atoms with Crippen LogP contribution in [0.15, 0.2) is 33.5 Å². The van der Waals surface area contributed by atoms with E-state index < -0.39 is 0 Å². The molecule has 1 aliphatic heterocycles. The van der Waals surface area contributed by atoms with E-state index in [1.807, 2.05) is 13.8 Å². The van der Waals surface area contributed by atoms with Crippen molar-refractivity contribution < 1.29 is 19.1 Å². The number of carbonyl (C=O) groups excluding carboxylic acids is 2. The van der Waals surface area contributed by atoms with Gasteiger partial charge in [0.1, 0.15) is 0 Å². The van der Waals surface area contributed by atoms with E-state index >= 15 is 0 Å². The number of aromatic amines is 1. The van der Waals surface area contributed by atoms with Gasteiger partial charge >= 0.3 is 11.9 Å². The molecule has 0 atom stereocenters. The van der Waals surface area contributed by atoms with Crippen LogP contribution in [0, 0.1) is 13.8 Å². The summed E-state index contributed by atoms with van der Waals surface area (Å²) in [5, 5.41) is 0. The average molecular weight is 467 g/mol. The van der Waals surface area contributed by atoms with Gasteiger partial charge < -0.3 is 14.5 Å².